The van der Waals surface area contributed by atoms with E-state index >= 15 is 0 Å². The molecule has 180 valence electrons. The van der Waals surface area contributed by atoms with Gasteiger partial charge in [0.05, 0.1) is 30.4 Å². The molecular formula is C25H27F2N3O3S. The summed E-state index contributed by atoms with van der Waals surface area (Å²) < 4.78 is 35.0. The molecule has 2 heterocycles. The third-order valence-electron chi connectivity index (χ3n) is 5.80. The van der Waals surface area contributed by atoms with E-state index in [9.17, 15) is 18.7 Å². The number of ether oxygens (including phenoxy) is 1. The van der Waals surface area contributed by atoms with Crippen molar-refractivity contribution in [1.82, 2.24) is 4.90 Å². The smallest absolute Gasteiger partial charge is 0.251 e. The number of aliphatic hydroxyl groups excluding tert-OH is 1. The van der Waals surface area contributed by atoms with Crippen molar-refractivity contribution in [3.05, 3.63) is 70.8 Å². The molecule has 9 heteroatoms. The number of anilines is 2. The zero-order chi connectivity index (χ0) is 24.2. The van der Waals surface area contributed by atoms with E-state index < -0.39 is 23.6 Å². The first-order valence-corrected chi connectivity index (χ1v) is 11.9. The summed E-state index contributed by atoms with van der Waals surface area (Å²) in [4.78, 5) is 14.6. The van der Waals surface area contributed by atoms with Crippen LogP contribution in [0.25, 0.3) is 10.4 Å². The fraction of sp³-hybridized carbons (Fsp3) is 0.320. The molecule has 3 aromatic rings. The molecule has 6 nitrogen and oxygen atoms in total. The maximum Gasteiger partial charge on any atom is 0.251 e. The van der Waals surface area contributed by atoms with Gasteiger partial charge in [0.25, 0.3) is 5.91 Å². The number of nitrogens with two attached hydrogens (primary N) is 1. The molecule has 1 aromatic heterocycles. The molecule has 4 N–H and O–H groups in total. The number of rotatable bonds is 8. The van der Waals surface area contributed by atoms with Crippen molar-refractivity contribution in [1.29, 1.82) is 0 Å². The van der Waals surface area contributed by atoms with Crippen LogP contribution in [-0.2, 0) is 11.3 Å². The third kappa shape index (κ3) is 5.44. The Morgan fingerprint density at radius 2 is 1.82 bits per heavy atom. The van der Waals surface area contributed by atoms with Crippen LogP contribution < -0.4 is 11.1 Å². The number of hydrogen-bond acceptors (Lipinski definition) is 6. The summed E-state index contributed by atoms with van der Waals surface area (Å²) in [7, 11) is 0. The third-order valence-corrected chi connectivity index (χ3v) is 6.87. The molecular weight excluding hydrogens is 460 g/mol. The quantitative estimate of drug-likeness (QED) is 0.424. The fourth-order valence-electron chi connectivity index (χ4n) is 3.89. The summed E-state index contributed by atoms with van der Waals surface area (Å²) in [6.45, 7) is 5.80. The number of thiophene rings is 1. The normalized spacial score (nSPS) is 15.3. The average molecular weight is 488 g/mol. The standard InChI is InChI=1S/C25H27F2N3O3S/c1-2-21(31)16-11-19(26)23(20(27)12-16)22-13-18(24(28)32)25(34-22)29-17-5-3-15(4-6-17)14-30-7-9-33-10-8-30/h3-6,11-13,21,29,31H,2,7-10,14H2,1H3,(H2,28,32). The maximum atomic E-state index is 14.8. The number of aliphatic hydroxyl groups is 1. The monoisotopic (exact) mass is 487 g/mol. The van der Waals surface area contributed by atoms with Crippen molar-refractivity contribution in [2.24, 2.45) is 5.73 Å². The van der Waals surface area contributed by atoms with Gasteiger partial charge in [-0.1, -0.05) is 19.1 Å². The van der Waals surface area contributed by atoms with Crippen LogP contribution in [0.1, 0.15) is 40.9 Å². The summed E-state index contributed by atoms with van der Waals surface area (Å²) in [5.74, 6) is -2.31. The molecule has 0 radical (unpaired) electrons. The number of hydrogen-bond donors (Lipinski definition) is 3. The van der Waals surface area contributed by atoms with E-state index in [1.165, 1.54) is 6.07 Å². The van der Waals surface area contributed by atoms with Gasteiger partial charge in [-0.15, -0.1) is 11.3 Å². The summed E-state index contributed by atoms with van der Waals surface area (Å²) in [6.07, 6.45) is -0.617. The summed E-state index contributed by atoms with van der Waals surface area (Å²) >= 11 is 1.04. The average Bonchev–Trinajstić information content (AvgIpc) is 3.23. The van der Waals surface area contributed by atoms with Gasteiger partial charge < -0.3 is 20.9 Å². The lowest BCUT2D eigenvalue weighted by molar-refractivity contribution is 0.0342. The van der Waals surface area contributed by atoms with Gasteiger partial charge in [-0.3, -0.25) is 9.69 Å². The van der Waals surface area contributed by atoms with Crippen LogP contribution in [0.3, 0.4) is 0 Å². The molecule has 0 saturated carbocycles. The first kappa shape index (κ1) is 24.3. The fourth-order valence-corrected chi connectivity index (χ4v) is 5.02. The molecule has 1 saturated heterocycles. The molecule has 4 rings (SSSR count). The number of nitrogens with zero attached hydrogens (tertiary/aromatic N) is 1. The SMILES string of the molecule is CCC(O)c1cc(F)c(-c2cc(C(N)=O)c(Nc3ccc(CN4CCOCC4)cc3)s2)c(F)c1. The highest BCUT2D eigenvalue weighted by Gasteiger charge is 2.22. The van der Waals surface area contributed by atoms with Gasteiger partial charge in [0, 0.05) is 30.2 Å². The van der Waals surface area contributed by atoms with Crippen LogP contribution in [0.5, 0.6) is 0 Å². The van der Waals surface area contributed by atoms with Gasteiger partial charge in [0.1, 0.15) is 16.6 Å². The molecule has 2 aromatic carbocycles. The van der Waals surface area contributed by atoms with E-state index in [2.05, 4.69) is 10.2 Å². The maximum absolute atomic E-state index is 14.8. The van der Waals surface area contributed by atoms with Gasteiger partial charge in [-0.05, 0) is 47.9 Å². The molecule has 1 aliphatic rings. The van der Waals surface area contributed by atoms with Crippen LogP contribution >= 0.6 is 11.3 Å². The molecule has 0 aliphatic carbocycles. The Balaban J connectivity index is 1.57. The van der Waals surface area contributed by atoms with E-state index in [1.54, 1.807) is 6.92 Å². The number of primary amides is 1. The number of carbonyl (C=O) groups excluding carboxylic acids is 1. The van der Waals surface area contributed by atoms with Crippen LogP contribution in [0.2, 0.25) is 0 Å². The zero-order valence-electron chi connectivity index (χ0n) is 18.8. The van der Waals surface area contributed by atoms with Crippen LogP contribution in [0, 0.1) is 11.6 Å². The second-order valence-electron chi connectivity index (χ2n) is 8.21. The second kappa shape index (κ2) is 10.6. The highest BCUT2D eigenvalue weighted by molar-refractivity contribution is 7.20. The Morgan fingerprint density at radius 3 is 2.41 bits per heavy atom. The van der Waals surface area contributed by atoms with Crippen molar-refractivity contribution in [3.63, 3.8) is 0 Å². The number of benzene rings is 2. The zero-order valence-corrected chi connectivity index (χ0v) is 19.6. The predicted molar refractivity (Wildman–Crippen MR) is 129 cm³/mol. The minimum atomic E-state index is -0.953. The van der Waals surface area contributed by atoms with Gasteiger partial charge in [-0.2, -0.15) is 0 Å². The Kier molecular flexibility index (Phi) is 7.57. The lowest BCUT2D eigenvalue weighted by Crippen LogP contribution is -2.35. The highest BCUT2D eigenvalue weighted by atomic mass is 32.1. The van der Waals surface area contributed by atoms with E-state index in [0.717, 1.165) is 67.6 Å². The predicted octanol–water partition coefficient (Wildman–Crippen LogP) is 4.81. The first-order valence-electron chi connectivity index (χ1n) is 11.1. The summed E-state index contributed by atoms with van der Waals surface area (Å²) in [5.41, 5.74) is 7.47. The molecule has 1 fully saturated rings. The molecule has 1 amide bonds. The molecule has 34 heavy (non-hydrogen) atoms. The van der Waals surface area contributed by atoms with Crippen molar-refractivity contribution in [2.75, 3.05) is 31.6 Å². The van der Waals surface area contributed by atoms with E-state index in [4.69, 9.17) is 10.5 Å². The summed E-state index contributed by atoms with van der Waals surface area (Å²) in [6, 6.07) is 11.4. The molecule has 0 bridgehead atoms. The van der Waals surface area contributed by atoms with E-state index in [1.807, 2.05) is 24.3 Å². The number of halogens is 2. The Morgan fingerprint density at radius 1 is 1.18 bits per heavy atom. The number of nitrogens with one attached hydrogen (secondary N) is 1. The molecule has 1 unspecified atom stereocenters. The Bertz CT molecular complexity index is 1140. The topological polar surface area (TPSA) is 87.8 Å². The largest absolute Gasteiger partial charge is 0.388 e. The van der Waals surface area contributed by atoms with Crippen molar-refractivity contribution in [3.8, 4) is 10.4 Å². The van der Waals surface area contributed by atoms with Crippen molar-refractivity contribution in [2.45, 2.75) is 26.0 Å². The van der Waals surface area contributed by atoms with Crippen molar-refractivity contribution >= 4 is 27.9 Å². The van der Waals surface area contributed by atoms with Crippen LogP contribution in [0.4, 0.5) is 19.5 Å². The van der Waals surface area contributed by atoms with Gasteiger partial charge in [0.2, 0.25) is 0 Å². The molecule has 0 spiro atoms. The van der Waals surface area contributed by atoms with Crippen LogP contribution in [0.15, 0.2) is 42.5 Å². The lowest BCUT2D eigenvalue weighted by Gasteiger charge is -2.26. The van der Waals surface area contributed by atoms with E-state index in [-0.39, 0.29) is 21.6 Å². The highest BCUT2D eigenvalue weighted by Crippen LogP contribution is 2.40. The van der Waals surface area contributed by atoms with Gasteiger partial charge in [-0.25, -0.2) is 8.78 Å². The van der Waals surface area contributed by atoms with Crippen molar-refractivity contribution < 1.29 is 23.4 Å². The Labute approximate surface area is 201 Å². The van der Waals surface area contributed by atoms with E-state index in [0.29, 0.717) is 11.4 Å². The lowest BCUT2D eigenvalue weighted by atomic mass is 10.0. The minimum absolute atomic E-state index is 0.147. The number of carbonyl (C=O) groups is 1. The number of amides is 1. The molecule has 1 aliphatic heterocycles. The Hall–Kier alpha value is -2.85. The minimum Gasteiger partial charge on any atom is -0.388 e. The van der Waals surface area contributed by atoms with Gasteiger partial charge in [0.15, 0.2) is 0 Å². The van der Waals surface area contributed by atoms with Crippen LogP contribution in [-0.4, -0.2) is 42.2 Å². The summed E-state index contributed by atoms with van der Waals surface area (Å²) in [5, 5.41) is 13.5. The molecule has 1 atom stereocenters. The number of morpholine rings is 1. The second-order valence-corrected chi connectivity index (χ2v) is 9.26. The van der Waals surface area contributed by atoms with Gasteiger partial charge >= 0.3 is 0 Å². The first-order chi connectivity index (χ1) is 16.4.